The van der Waals surface area contributed by atoms with Gasteiger partial charge in [0.15, 0.2) is 0 Å². The lowest BCUT2D eigenvalue weighted by molar-refractivity contribution is 1.02. The zero-order chi connectivity index (χ0) is 28.8. The molecule has 0 unspecified atom stereocenters. The molecular formula is C40H23N3S. The summed E-state index contributed by atoms with van der Waals surface area (Å²) in [5.74, 6) is 0.684. The van der Waals surface area contributed by atoms with Crippen molar-refractivity contribution in [3.63, 3.8) is 0 Å². The van der Waals surface area contributed by atoms with E-state index in [-0.39, 0.29) is 0 Å². The standard InChI is InChI=1S/C40H23N3S/c1-2-13-25(14-3-1)36-29-18-8-10-20-32(29)41-40(42-36)43-33-21-11-9-19-30(33)34-35-31-23-22-24-12-4-5-15-26(24)38(31)44-39(35)28-17-7-6-16-27(28)37(34)43/h1-23H. The Morgan fingerprint density at radius 2 is 1.14 bits per heavy atom. The molecule has 0 fully saturated rings. The molecule has 0 bridgehead atoms. The van der Waals surface area contributed by atoms with Crippen LogP contribution >= 0.6 is 11.3 Å². The Morgan fingerprint density at radius 3 is 2.00 bits per heavy atom. The first-order valence-corrected chi connectivity index (χ1v) is 15.7. The fourth-order valence-electron chi connectivity index (χ4n) is 7.09. The molecule has 10 aromatic rings. The summed E-state index contributed by atoms with van der Waals surface area (Å²) in [5, 5.41) is 11.2. The Labute approximate surface area is 256 Å². The average Bonchev–Trinajstić information content (AvgIpc) is 3.65. The highest BCUT2D eigenvalue weighted by Gasteiger charge is 2.24. The molecule has 0 aliphatic carbocycles. The predicted molar refractivity (Wildman–Crippen MR) is 187 cm³/mol. The molecule has 7 aromatic carbocycles. The first kappa shape index (κ1) is 23.9. The van der Waals surface area contributed by atoms with E-state index in [2.05, 4.69) is 138 Å². The second kappa shape index (κ2) is 8.96. The van der Waals surface area contributed by atoms with Gasteiger partial charge in [0, 0.05) is 52.7 Å². The van der Waals surface area contributed by atoms with Crippen molar-refractivity contribution in [2.24, 2.45) is 0 Å². The van der Waals surface area contributed by atoms with Crippen LogP contribution in [0, 0.1) is 0 Å². The summed E-state index contributed by atoms with van der Waals surface area (Å²) in [6, 6.07) is 49.7. The van der Waals surface area contributed by atoms with Gasteiger partial charge in [-0.05, 0) is 22.9 Å². The van der Waals surface area contributed by atoms with E-state index in [9.17, 15) is 0 Å². The molecule has 204 valence electrons. The van der Waals surface area contributed by atoms with Crippen molar-refractivity contribution >= 4 is 85.8 Å². The van der Waals surface area contributed by atoms with Crippen LogP contribution in [-0.2, 0) is 0 Å². The number of hydrogen-bond acceptors (Lipinski definition) is 3. The molecule has 3 heterocycles. The van der Waals surface area contributed by atoms with Crippen LogP contribution < -0.4 is 0 Å². The zero-order valence-corrected chi connectivity index (χ0v) is 24.3. The summed E-state index contributed by atoms with van der Waals surface area (Å²) in [5.41, 5.74) is 5.21. The van der Waals surface area contributed by atoms with E-state index < -0.39 is 0 Å². The van der Waals surface area contributed by atoms with Gasteiger partial charge >= 0.3 is 0 Å². The fourth-order valence-corrected chi connectivity index (χ4v) is 8.47. The van der Waals surface area contributed by atoms with E-state index in [4.69, 9.17) is 9.97 Å². The molecule has 0 saturated carbocycles. The Morgan fingerprint density at radius 1 is 0.455 bits per heavy atom. The molecule has 0 spiro atoms. The SMILES string of the molecule is c1ccc(-c2nc(-n3c4ccccc4c4c5c6ccc7ccccc7c6sc5c5ccccc5c43)nc3ccccc23)cc1. The molecule has 0 amide bonds. The van der Waals surface area contributed by atoms with Gasteiger partial charge in [0.05, 0.1) is 22.2 Å². The van der Waals surface area contributed by atoms with Gasteiger partial charge in [-0.2, -0.15) is 0 Å². The van der Waals surface area contributed by atoms with Gasteiger partial charge in [0.25, 0.3) is 0 Å². The van der Waals surface area contributed by atoms with Crippen LogP contribution in [0.15, 0.2) is 140 Å². The average molecular weight is 578 g/mol. The van der Waals surface area contributed by atoms with E-state index in [1.807, 2.05) is 17.4 Å². The quantitative estimate of drug-likeness (QED) is 0.205. The van der Waals surface area contributed by atoms with Gasteiger partial charge in [0.2, 0.25) is 5.95 Å². The maximum atomic E-state index is 5.35. The lowest BCUT2D eigenvalue weighted by Gasteiger charge is -2.13. The smallest absolute Gasteiger partial charge is 0.235 e. The normalized spacial score (nSPS) is 12.1. The zero-order valence-electron chi connectivity index (χ0n) is 23.5. The van der Waals surface area contributed by atoms with Crippen molar-refractivity contribution in [1.29, 1.82) is 0 Å². The van der Waals surface area contributed by atoms with E-state index in [1.165, 1.54) is 52.5 Å². The molecule has 0 N–H and O–H groups in total. The summed E-state index contributed by atoms with van der Waals surface area (Å²) in [6.07, 6.45) is 0. The van der Waals surface area contributed by atoms with Gasteiger partial charge < -0.3 is 0 Å². The Hall–Kier alpha value is -5.58. The number of benzene rings is 7. The largest absolute Gasteiger partial charge is 0.277 e. The lowest BCUT2D eigenvalue weighted by atomic mass is 9.98. The molecule has 0 aliphatic rings. The first-order chi connectivity index (χ1) is 21.8. The first-order valence-electron chi connectivity index (χ1n) is 14.9. The third-order valence-corrected chi connectivity index (χ3v) is 10.2. The molecule has 0 aliphatic heterocycles. The summed E-state index contributed by atoms with van der Waals surface area (Å²) in [4.78, 5) is 10.6. The maximum Gasteiger partial charge on any atom is 0.235 e. The molecule has 3 aromatic heterocycles. The number of rotatable bonds is 2. The Kier molecular flexibility index (Phi) is 4.87. The topological polar surface area (TPSA) is 30.7 Å². The molecular weight excluding hydrogens is 555 g/mol. The third kappa shape index (κ3) is 3.20. The van der Waals surface area contributed by atoms with Crippen molar-refractivity contribution in [3.8, 4) is 17.2 Å². The van der Waals surface area contributed by atoms with Crippen LogP contribution in [0.1, 0.15) is 0 Å². The minimum atomic E-state index is 0.684. The van der Waals surface area contributed by atoms with Crippen molar-refractivity contribution < 1.29 is 0 Å². The second-order valence-electron chi connectivity index (χ2n) is 11.3. The highest BCUT2D eigenvalue weighted by molar-refractivity contribution is 7.27. The third-order valence-electron chi connectivity index (χ3n) is 8.97. The molecule has 3 nitrogen and oxygen atoms in total. The minimum absolute atomic E-state index is 0.684. The van der Waals surface area contributed by atoms with Crippen LogP contribution in [0.25, 0.3) is 91.6 Å². The fraction of sp³-hybridized carbons (Fsp3) is 0. The van der Waals surface area contributed by atoms with Gasteiger partial charge in [-0.3, -0.25) is 4.57 Å². The molecule has 10 rings (SSSR count). The van der Waals surface area contributed by atoms with Crippen molar-refractivity contribution in [3.05, 3.63) is 140 Å². The number of fused-ring (bicyclic) bond motifs is 13. The summed E-state index contributed by atoms with van der Waals surface area (Å²) in [7, 11) is 0. The maximum absolute atomic E-state index is 5.35. The van der Waals surface area contributed by atoms with E-state index in [0.717, 1.165) is 33.2 Å². The Bertz CT molecular complexity index is 2770. The number of aromatic nitrogens is 3. The van der Waals surface area contributed by atoms with Gasteiger partial charge in [0.1, 0.15) is 0 Å². The molecule has 4 heteroatoms. The van der Waals surface area contributed by atoms with E-state index >= 15 is 0 Å². The van der Waals surface area contributed by atoms with Crippen LogP contribution in [0.3, 0.4) is 0 Å². The van der Waals surface area contributed by atoms with E-state index in [1.54, 1.807) is 0 Å². The lowest BCUT2D eigenvalue weighted by Crippen LogP contribution is -2.03. The second-order valence-corrected chi connectivity index (χ2v) is 12.4. The van der Waals surface area contributed by atoms with Gasteiger partial charge in [-0.1, -0.05) is 127 Å². The van der Waals surface area contributed by atoms with Crippen molar-refractivity contribution in [1.82, 2.24) is 14.5 Å². The number of nitrogens with zero attached hydrogens (tertiary/aromatic N) is 3. The number of hydrogen-bond donors (Lipinski definition) is 0. The van der Waals surface area contributed by atoms with Crippen molar-refractivity contribution in [2.45, 2.75) is 0 Å². The van der Waals surface area contributed by atoms with Crippen LogP contribution in [0.5, 0.6) is 0 Å². The predicted octanol–water partition coefficient (Wildman–Crippen LogP) is 11.1. The van der Waals surface area contributed by atoms with Gasteiger partial charge in [-0.15, -0.1) is 11.3 Å². The highest BCUT2D eigenvalue weighted by Crippen LogP contribution is 2.49. The minimum Gasteiger partial charge on any atom is -0.277 e. The molecule has 0 radical (unpaired) electrons. The summed E-state index contributed by atoms with van der Waals surface area (Å²) >= 11 is 1.91. The molecule has 0 saturated heterocycles. The number of para-hydroxylation sites is 2. The van der Waals surface area contributed by atoms with E-state index in [0.29, 0.717) is 5.95 Å². The monoisotopic (exact) mass is 577 g/mol. The van der Waals surface area contributed by atoms with Crippen LogP contribution in [-0.4, -0.2) is 14.5 Å². The highest BCUT2D eigenvalue weighted by atomic mass is 32.1. The van der Waals surface area contributed by atoms with Crippen LogP contribution in [0.4, 0.5) is 0 Å². The van der Waals surface area contributed by atoms with Crippen LogP contribution in [0.2, 0.25) is 0 Å². The Balaban J connectivity index is 1.45. The molecule has 44 heavy (non-hydrogen) atoms. The summed E-state index contributed by atoms with van der Waals surface area (Å²) in [6.45, 7) is 0. The van der Waals surface area contributed by atoms with Crippen molar-refractivity contribution in [2.75, 3.05) is 0 Å². The number of thiophene rings is 1. The molecule has 0 atom stereocenters. The summed E-state index contributed by atoms with van der Waals surface area (Å²) < 4.78 is 4.96. The van der Waals surface area contributed by atoms with Gasteiger partial charge in [-0.25, -0.2) is 9.97 Å².